The number of fused-ring (bicyclic) bond motifs is 2. The van der Waals surface area contributed by atoms with E-state index in [-0.39, 0.29) is 5.91 Å². The third kappa shape index (κ3) is 2.61. The van der Waals surface area contributed by atoms with Gasteiger partial charge in [-0.05, 0) is 68.9 Å². The molecule has 2 bridgehead atoms. The Morgan fingerprint density at radius 3 is 2.40 bits per heavy atom. The molecule has 0 aromatic heterocycles. The van der Waals surface area contributed by atoms with Crippen LogP contribution in [-0.4, -0.2) is 5.91 Å². The van der Waals surface area contributed by atoms with E-state index in [1.165, 1.54) is 42.4 Å². The lowest BCUT2D eigenvalue weighted by atomic mass is 9.86. The van der Waals surface area contributed by atoms with Gasteiger partial charge in [0.25, 0.3) is 0 Å². The number of hydrogen-bond donors (Lipinski definition) is 1. The van der Waals surface area contributed by atoms with Crippen molar-refractivity contribution in [1.29, 1.82) is 0 Å². The van der Waals surface area contributed by atoms with Crippen molar-refractivity contribution in [2.45, 2.75) is 52.9 Å². The van der Waals surface area contributed by atoms with Crippen molar-refractivity contribution in [3.8, 4) is 0 Å². The Kier molecular flexibility index (Phi) is 3.57. The average Bonchev–Trinajstić information content (AvgIpc) is 2.95. The first-order valence-corrected chi connectivity index (χ1v) is 7.90. The zero-order valence-corrected chi connectivity index (χ0v) is 12.8. The van der Waals surface area contributed by atoms with Gasteiger partial charge in [-0.15, -0.1) is 0 Å². The predicted octanol–water partition coefficient (Wildman–Crippen LogP) is 4.38. The Morgan fingerprint density at radius 2 is 1.85 bits per heavy atom. The van der Waals surface area contributed by atoms with Crippen LogP contribution in [-0.2, 0) is 4.79 Å². The predicted molar refractivity (Wildman–Crippen MR) is 82.8 cm³/mol. The first-order chi connectivity index (χ1) is 9.52. The normalized spacial score (nSPS) is 27.9. The summed E-state index contributed by atoms with van der Waals surface area (Å²) in [6, 6.07) is 4.28. The van der Waals surface area contributed by atoms with Crippen molar-refractivity contribution in [2.75, 3.05) is 5.32 Å². The van der Waals surface area contributed by atoms with Crippen molar-refractivity contribution in [2.24, 2.45) is 17.8 Å². The maximum absolute atomic E-state index is 12.3. The van der Waals surface area contributed by atoms with Crippen LogP contribution in [0.15, 0.2) is 12.1 Å². The van der Waals surface area contributed by atoms with Gasteiger partial charge >= 0.3 is 0 Å². The highest BCUT2D eigenvalue weighted by molar-refractivity contribution is 5.92. The van der Waals surface area contributed by atoms with Gasteiger partial charge in [0.1, 0.15) is 0 Å². The molecule has 1 amide bonds. The van der Waals surface area contributed by atoms with E-state index in [0.717, 1.165) is 17.5 Å². The summed E-state index contributed by atoms with van der Waals surface area (Å²) in [5.41, 5.74) is 4.61. The number of aryl methyl sites for hydroxylation is 3. The number of anilines is 1. The number of carbonyl (C=O) groups excluding carboxylic acids is 1. The molecular weight excluding hydrogens is 246 g/mol. The summed E-state index contributed by atoms with van der Waals surface area (Å²) < 4.78 is 0. The largest absolute Gasteiger partial charge is 0.326 e. The second-order valence-corrected chi connectivity index (χ2v) is 6.96. The molecule has 0 heterocycles. The molecule has 1 N–H and O–H groups in total. The molecule has 2 saturated carbocycles. The summed E-state index contributed by atoms with van der Waals surface area (Å²) in [6.07, 6.45) is 6.13. The van der Waals surface area contributed by atoms with E-state index in [0.29, 0.717) is 12.3 Å². The van der Waals surface area contributed by atoms with Gasteiger partial charge in [-0.25, -0.2) is 0 Å². The molecule has 0 radical (unpaired) electrons. The van der Waals surface area contributed by atoms with Gasteiger partial charge in [-0.1, -0.05) is 24.1 Å². The Bertz CT molecular complexity index is 511. The molecular formula is C18H25NO. The fourth-order valence-electron chi connectivity index (χ4n) is 4.43. The van der Waals surface area contributed by atoms with Gasteiger partial charge in [0.05, 0.1) is 0 Å². The van der Waals surface area contributed by atoms with Gasteiger partial charge in [0.15, 0.2) is 0 Å². The second-order valence-electron chi connectivity index (χ2n) is 6.96. The second kappa shape index (κ2) is 5.23. The Labute approximate surface area is 122 Å². The lowest BCUT2D eigenvalue weighted by Gasteiger charge is -2.21. The van der Waals surface area contributed by atoms with Crippen LogP contribution >= 0.6 is 0 Å². The maximum Gasteiger partial charge on any atom is 0.224 e. The van der Waals surface area contributed by atoms with Crippen LogP contribution in [0, 0.1) is 38.5 Å². The highest BCUT2D eigenvalue weighted by Crippen LogP contribution is 2.49. The smallest absolute Gasteiger partial charge is 0.224 e. The minimum atomic E-state index is 0.206. The molecule has 1 aromatic rings. The zero-order chi connectivity index (χ0) is 14.3. The lowest BCUT2D eigenvalue weighted by molar-refractivity contribution is -0.117. The van der Waals surface area contributed by atoms with Crippen molar-refractivity contribution < 1.29 is 4.79 Å². The summed E-state index contributed by atoms with van der Waals surface area (Å²) in [6.45, 7) is 6.25. The van der Waals surface area contributed by atoms with Crippen LogP contribution in [0.25, 0.3) is 0 Å². The van der Waals surface area contributed by atoms with Crippen molar-refractivity contribution >= 4 is 11.6 Å². The lowest BCUT2D eigenvalue weighted by Crippen LogP contribution is -2.21. The molecule has 108 valence electrons. The van der Waals surface area contributed by atoms with E-state index >= 15 is 0 Å². The fraction of sp³-hybridized carbons (Fsp3) is 0.611. The van der Waals surface area contributed by atoms with Crippen LogP contribution in [0.5, 0.6) is 0 Å². The van der Waals surface area contributed by atoms with Crippen molar-refractivity contribution in [3.63, 3.8) is 0 Å². The van der Waals surface area contributed by atoms with E-state index in [1.54, 1.807) is 0 Å². The number of amides is 1. The van der Waals surface area contributed by atoms with E-state index < -0.39 is 0 Å². The molecule has 0 saturated heterocycles. The molecule has 0 aliphatic heterocycles. The molecule has 3 rings (SSSR count). The Balaban J connectivity index is 1.65. The molecule has 2 fully saturated rings. The fourth-order valence-corrected chi connectivity index (χ4v) is 4.43. The van der Waals surface area contributed by atoms with Gasteiger partial charge in [0, 0.05) is 12.1 Å². The molecule has 0 spiro atoms. The topological polar surface area (TPSA) is 29.1 Å². The average molecular weight is 271 g/mol. The quantitative estimate of drug-likeness (QED) is 0.868. The third-order valence-corrected chi connectivity index (χ3v) is 5.27. The van der Waals surface area contributed by atoms with Gasteiger partial charge < -0.3 is 5.32 Å². The summed E-state index contributed by atoms with van der Waals surface area (Å²) in [5, 5.41) is 3.15. The van der Waals surface area contributed by atoms with Crippen LogP contribution < -0.4 is 5.32 Å². The van der Waals surface area contributed by atoms with Gasteiger partial charge in [-0.2, -0.15) is 0 Å². The molecule has 2 aliphatic carbocycles. The summed E-state index contributed by atoms with van der Waals surface area (Å²) in [7, 11) is 0. The highest BCUT2D eigenvalue weighted by atomic mass is 16.1. The number of nitrogens with one attached hydrogen (secondary N) is 1. The Hall–Kier alpha value is -1.31. The third-order valence-electron chi connectivity index (χ3n) is 5.27. The summed E-state index contributed by atoms with van der Waals surface area (Å²) >= 11 is 0. The molecule has 20 heavy (non-hydrogen) atoms. The van der Waals surface area contributed by atoms with Crippen LogP contribution in [0.1, 0.15) is 48.8 Å². The van der Waals surface area contributed by atoms with Crippen LogP contribution in [0.3, 0.4) is 0 Å². The zero-order valence-electron chi connectivity index (χ0n) is 12.8. The van der Waals surface area contributed by atoms with E-state index in [9.17, 15) is 4.79 Å². The summed E-state index contributed by atoms with van der Waals surface area (Å²) in [5.74, 6) is 2.59. The molecule has 2 nitrogen and oxygen atoms in total. The number of hydrogen-bond acceptors (Lipinski definition) is 1. The van der Waals surface area contributed by atoms with E-state index in [4.69, 9.17) is 0 Å². The van der Waals surface area contributed by atoms with Gasteiger partial charge in [-0.3, -0.25) is 4.79 Å². The number of benzene rings is 1. The standard InChI is InChI=1S/C18H25NO/c1-11-6-12(2)18(13(3)7-11)19-17(20)10-16-9-14-4-5-15(16)8-14/h6-7,14-16H,4-5,8-10H2,1-3H3,(H,19,20)/t14-,15-,16+/m1/s1. The molecule has 0 unspecified atom stereocenters. The monoisotopic (exact) mass is 271 g/mol. The molecule has 1 aromatic carbocycles. The van der Waals surface area contributed by atoms with Crippen LogP contribution in [0.2, 0.25) is 0 Å². The Morgan fingerprint density at radius 1 is 1.15 bits per heavy atom. The molecule has 2 heteroatoms. The van der Waals surface area contributed by atoms with E-state index in [1.807, 2.05) is 0 Å². The van der Waals surface area contributed by atoms with Crippen LogP contribution in [0.4, 0.5) is 5.69 Å². The molecule has 2 aliphatic rings. The number of carbonyl (C=O) groups is 1. The minimum Gasteiger partial charge on any atom is -0.326 e. The molecule has 3 atom stereocenters. The first kappa shape index (κ1) is 13.7. The maximum atomic E-state index is 12.3. The van der Waals surface area contributed by atoms with Gasteiger partial charge in [0.2, 0.25) is 5.91 Å². The summed E-state index contributed by atoms with van der Waals surface area (Å²) in [4.78, 5) is 12.3. The first-order valence-electron chi connectivity index (χ1n) is 7.90. The minimum absolute atomic E-state index is 0.206. The SMILES string of the molecule is Cc1cc(C)c(NC(=O)C[C@@H]2C[C@@H]3CC[C@@H]2C3)c(C)c1. The van der Waals surface area contributed by atoms with Crippen molar-refractivity contribution in [1.82, 2.24) is 0 Å². The van der Waals surface area contributed by atoms with E-state index in [2.05, 4.69) is 38.2 Å². The highest BCUT2D eigenvalue weighted by Gasteiger charge is 2.40. The van der Waals surface area contributed by atoms with Crippen molar-refractivity contribution in [3.05, 3.63) is 28.8 Å². The number of rotatable bonds is 3.